The molecule has 0 bridgehead atoms. The van der Waals surface area contributed by atoms with Crippen LogP contribution in [0.3, 0.4) is 0 Å². The first kappa shape index (κ1) is 14.8. The second-order valence-electron chi connectivity index (χ2n) is 5.90. The molecule has 0 radical (unpaired) electrons. The van der Waals surface area contributed by atoms with Gasteiger partial charge in [-0.1, -0.05) is 12.1 Å². The molecule has 1 aromatic rings. The summed E-state index contributed by atoms with van der Waals surface area (Å²) in [5.74, 6) is 0. The molecule has 3 rings (SSSR count). The first-order valence-electron chi connectivity index (χ1n) is 7.74. The fraction of sp³-hybridized carbons (Fsp3) is 0.600. The number of benzene rings is 1. The molecule has 1 aliphatic carbocycles. The lowest BCUT2D eigenvalue weighted by Gasteiger charge is -2.15. The van der Waals surface area contributed by atoms with Crippen molar-refractivity contribution in [3.05, 3.63) is 24.3 Å². The van der Waals surface area contributed by atoms with Crippen molar-refractivity contribution >= 4 is 15.7 Å². The molecule has 0 unspecified atom stereocenters. The predicted octanol–water partition coefficient (Wildman–Crippen LogP) is 1.68. The second kappa shape index (κ2) is 6.34. The molecule has 21 heavy (non-hydrogen) atoms. The average molecular weight is 309 g/mol. The van der Waals surface area contributed by atoms with Gasteiger partial charge in [0.25, 0.3) is 0 Å². The number of rotatable bonds is 7. The van der Waals surface area contributed by atoms with E-state index in [1.807, 2.05) is 12.1 Å². The summed E-state index contributed by atoms with van der Waals surface area (Å²) in [5.41, 5.74) is 0.698. The minimum absolute atomic E-state index is 0.130. The van der Waals surface area contributed by atoms with Gasteiger partial charge in [0.2, 0.25) is 10.0 Å². The van der Waals surface area contributed by atoms with Crippen molar-refractivity contribution in [3.63, 3.8) is 0 Å². The van der Waals surface area contributed by atoms with Crippen LogP contribution < -0.4 is 15.4 Å². The molecule has 1 saturated carbocycles. The Morgan fingerprint density at radius 3 is 2.71 bits per heavy atom. The van der Waals surface area contributed by atoms with Crippen LogP contribution in [-0.4, -0.2) is 33.6 Å². The minimum atomic E-state index is -3.41. The maximum absolute atomic E-state index is 12.4. The van der Waals surface area contributed by atoms with E-state index >= 15 is 0 Å². The Morgan fingerprint density at radius 2 is 2.00 bits per heavy atom. The lowest BCUT2D eigenvalue weighted by Crippen LogP contribution is -2.27. The molecule has 0 amide bonds. The lowest BCUT2D eigenvalue weighted by molar-refractivity contribution is 0.573. The van der Waals surface area contributed by atoms with E-state index in [1.54, 1.807) is 12.1 Å². The normalized spacial score (nSPS) is 22.4. The molecule has 116 valence electrons. The van der Waals surface area contributed by atoms with E-state index in [4.69, 9.17) is 0 Å². The third-order valence-corrected chi connectivity index (χ3v) is 5.63. The van der Waals surface area contributed by atoms with Crippen LogP contribution >= 0.6 is 0 Å². The van der Waals surface area contributed by atoms with Crippen LogP contribution in [0, 0.1) is 0 Å². The molecule has 1 heterocycles. The molecule has 5 nitrogen and oxygen atoms in total. The van der Waals surface area contributed by atoms with Gasteiger partial charge in [-0.25, -0.2) is 13.1 Å². The largest absolute Gasteiger partial charge is 0.384 e. The van der Waals surface area contributed by atoms with Crippen LogP contribution in [0.5, 0.6) is 0 Å². The average Bonchev–Trinajstić information content (AvgIpc) is 3.11. The molecule has 2 aliphatic rings. The van der Waals surface area contributed by atoms with E-state index in [2.05, 4.69) is 15.4 Å². The summed E-state index contributed by atoms with van der Waals surface area (Å²) in [6, 6.07) is 7.83. The number of para-hydroxylation sites is 1. The molecule has 2 fully saturated rings. The van der Waals surface area contributed by atoms with Gasteiger partial charge in [0.15, 0.2) is 0 Å². The van der Waals surface area contributed by atoms with Crippen molar-refractivity contribution in [2.45, 2.75) is 49.1 Å². The summed E-state index contributed by atoms with van der Waals surface area (Å²) in [6.45, 7) is 1.88. The smallest absolute Gasteiger partial charge is 0.242 e. The van der Waals surface area contributed by atoms with Crippen LogP contribution in [0.2, 0.25) is 0 Å². The summed E-state index contributed by atoms with van der Waals surface area (Å²) >= 11 is 0. The van der Waals surface area contributed by atoms with Gasteiger partial charge in [0.1, 0.15) is 4.90 Å². The van der Waals surface area contributed by atoms with E-state index in [1.165, 1.54) is 12.8 Å². The highest BCUT2D eigenvalue weighted by molar-refractivity contribution is 7.89. The van der Waals surface area contributed by atoms with Gasteiger partial charge in [0, 0.05) is 18.6 Å². The Kier molecular flexibility index (Phi) is 4.47. The zero-order valence-electron chi connectivity index (χ0n) is 12.1. The fourth-order valence-corrected chi connectivity index (χ4v) is 4.20. The zero-order chi connectivity index (χ0) is 14.7. The second-order valence-corrected chi connectivity index (χ2v) is 7.58. The van der Waals surface area contributed by atoms with E-state index in [-0.39, 0.29) is 6.04 Å². The number of anilines is 1. The maximum atomic E-state index is 12.4. The number of hydrogen-bond donors (Lipinski definition) is 3. The first-order valence-corrected chi connectivity index (χ1v) is 9.22. The van der Waals surface area contributed by atoms with Crippen molar-refractivity contribution < 1.29 is 8.42 Å². The first-order chi connectivity index (χ1) is 10.1. The van der Waals surface area contributed by atoms with Crippen LogP contribution in [0.25, 0.3) is 0 Å². The van der Waals surface area contributed by atoms with Crippen molar-refractivity contribution in [1.29, 1.82) is 0 Å². The van der Waals surface area contributed by atoms with Gasteiger partial charge in [-0.2, -0.15) is 0 Å². The van der Waals surface area contributed by atoms with Crippen LogP contribution in [0.4, 0.5) is 5.69 Å². The predicted molar refractivity (Wildman–Crippen MR) is 83.9 cm³/mol. The van der Waals surface area contributed by atoms with Gasteiger partial charge in [-0.3, -0.25) is 0 Å². The van der Waals surface area contributed by atoms with Crippen molar-refractivity contribution in [2.24, 2.45) is 0 Å². The number of sulfonamides is 1. The molecule has 1 saturated heterocycles. The van der Waals surface area contributed by atoms with Crippen molar-refractivity contribution in [2.75, 3.05) is 18.4 Å². The van der Waals surface area contributed by atoms with Gasteiger partial charge in [0.05, 0.1) is 5.69 Å². The van der Waals surface area contributed by atoms with E-state index in [9.17, 15) is 8.42 Å². The molecular weight excluding hydrogens is 286 g/mol. The summed E-state index contributed by atoms with van der Waals surface area (Å²) < 4.78 is 27.5. The molecule has 1 atom stereocenters. The Bertz CT molecular complexity index is 578. The molecule has 1 aromatic carbocycles. The van der Waals surface area contributed by atoms with Crippen LogP contribution in [0.1, 0.15) is 32.1 Å². The third-order valence-electron chi connectivity index (χ3n) is 4.05. The lowest BCUT2D eigenvalue weighted by atomic mass is 10.1. The summed E-state index contributed by atoms with van der Waals surface area (Å²) in [4.78, 5) is 0.358. The van der Waals surface area contributed by atoms with Crippen LogP contribution in [0.15, 0.2) is 29.2 Å². The van der Waals surface area contributed by atoms with Crippen molar-refractivity contribution in [3.8, 4) is 0 Å². The molecule has 0 spiro atoms. The molecular formula is C15H23N3O2S. The van der Waals surface area contributed by atoms with Gasteiger partial charge in [-0.15, -0.1) is 0 Å². The Morgan fingerprint density at radius 1 is 1.19 bits per heavy atom. The zero-order valence-corrected chi connectivity index (χ0v) is 13.0. The highest BCUT2D eigenvalue weighted by atomic mass is 32.2. The SMILES string of the molecule is O=S(=O)(NC1CC1)c1ccccc1NCC[C@H]1CCCN1. The number of nitrogens with one attached hydrogen (secondary N) is 3. The maximum Gasteiger partial charge on any atom is 0.242 e. The molecule has 1 aliphatic heterocycles. The molecule has 6 heteroatoms. The van der Waals surface area contributed by atoms with E-state index < -0.39 is 10.0 Å². The highest BCUT2D eigenvalue weighted by Crippen LogP contribution is 2.26. The van der Waals surface area contributed by atoms with Crippen LogP contribution in [-0.2, 0) is 10.0 Å². The summed E-state index contributed by atoms with van der Waals surface area (Å²) in [6.07, 6.45) is 5.36. The summed E-state index contributed by atoms with van der Waals surface area (Å²) in [7, 11) is -3.41. The topological polar surface area (TPSA) is 70.2 Å². The standard InChI is InChI=1S/C15H23N3O2S/c19-21(20,18-13-7-8-13)15-6-2-1-5-14(15)17-11-9-12-4-3-10-16-12/h1-2,5-6,12-13,16-18H,3-4,7-11H2/t12-/m1/s1. The molecule has 0 aromatic heterocycles. The third kappa shape index (κ3) is 3.96. The Labute approximate surface area is 126 Å². The van der Waals surface area contributed by atoms with Gasteiger partial charge in [-0.05, 0) is 50.8 Å². The Hall–Kier alpha value is -1.11. The van der Waals surface area contributed by atoms with E-state index in [0.717, 1.165) is 32.4 Å². The monoisotopic (exact) mass is 309 g/mol. The summed E-state index contributed by atoms with van der Waals surface area (Å²) in [5, 5.41) is 6.73. The fourth-order valence-electron chi connectivity index (χ4n) is 2.72. The van der Waals surface area contributed by atoms with E-state index in [0.29, 0.717) is 16.6 Å². The van der Waals surface area contributed by atoms with Gasteiger partial charge < -0.3 is 10.6 Å². The quantitative estimate of drug-likeness (QED) is 0.717. The minimum Gasteiger partial charge on any atom is -0.384 e. The number of hydrogen-bond acceptors (Lipinski definition) is 4. The Balaban J connectivity index is 1.64. The highest BCUT2D eigenvalue weighted by Gasteiger charge is 2.29. The van der Waals surface area contributed by atoms with Crippen molar-refractivity contribution in [1.82, 2.24) is 10.0 Å². The molecule has 3 N–H and O–H groups in total. The van der Waals surface area contributed by atoms with Gasteiger partial charge >= 0.3 is 0 Å².